The van der Waals surface area contributed by atoms with E-state index in [1.54, 1.807) is 12.1 Å². The highest BCUT2D eigenvalue weighted by Gasteiger charge is 2.19. The van der Waals surface area contributed by atoms with Gasteiger partial charge in [0, 0.05) is 22.6 Å². The Kier molecular flexibility index (Phi) is 5.02. The summed E-state index contributed by atoms with van der Waals surface area (Å²) >= 11 is 0. The van der Waals surface area contributed by atoms with Gasteiger partial charge < -0.3 is 5.11 Å². The van der Waals surface area contributed by atoms with E-state index in [0.717, 1.165) is 27.7 Å². The molecule has 0 saturated carbocycles. The molecule has 32 heavy (non-hydrogen) atoms. The summed E-state index contributed by atoms with van der Waals surface area (Å²) in [6.07, 6.45) is 0. The Bertz CT molecular complexity index is 1400. The van der Waals surface area contributed by atoms with E-state index in [9.17, 15) is 5.11 Å². The minimum absolute atomic E-state index is 0.216. The van der Waals surface area contributed by atoms with Crippen molar-refractivity contribution in [3.8, 4) is 39.3 Å². The maximum atomic E-state index is 9.86. The first kappa shape index (κ1) is 20.1. The number of aromatic hydroxyl groups is 1. The summed E-state index contributed by atoms with van der Waals surface area (Å²) in [7, 11) is 0. The lowest BCUT2D eigenvalue weighted by Gasteiger charge is -2.12. The summed E-state index contributed by atoms with van der Waals surface area (Å²) in [5.41, 5.74) is 8.92. The molecular formula is C29H26N2O. The standard InChI is InChI=1S/C29H26N2O/c1-19(2)31-29-26(23-14-12-22(13-15-23)21-8-5-4-6-9-21)10-7-11-27(29)28(30-31)25-17-16-24(32)18-20(25)3/h4-19,32H,1-3H3. The molecule has 0 radical (unpaired) electrons. The molecule has 0 fully saturated rings. The Morgan fingerprint density at radius 2 is 1.41 bits per heavy atom. The fourth-order valence-corrected chi connectivity index (χ4v) is 4.38. The van der Waals surface area contributed by atoms with Gasteiger partial charge in [0.2, 0.25) is 0 Å². The van der Waals surface area contributed by atoms with Crippen molar-refractivity contribution in [3.05, 3.63) is 96.6 Å². The minimum atomic E-state index is 0.216. The summed E-state index contributed by atoms with van der Waals surface area (Å²) in [6, 6.07) is 31.3. The number of aromatic nitrogens is 2. The molecule has 5 rings (SSSR count). The van der Waals surface area contributed by atoms with E-state index in [4.69, 9.17) is 5.10 Å². The van der Waals surface area contributed by atoms with Crippen LogP contribution in [0.2, 0.25) is 0 Å². The Labute approximate surface area is 188 Å². The number of aryl methyl sites for hydroxylation is 1. The van der Waals surface area contributed by atoms with Gasteiger partial charge in [-0.15, -0.1) is 0 Å². The van der Waals surface area contributed by atoms with Gasteiger partial charge in [0.15, 0.2) is 0 Å². The van der Waals surface area contributed by atoms with Crippen molar-refractivity contribution >= 4 is 10.9 Å². The number of nitrogens with zero attached hydrogens (tertiary/aromatic N) is 2. The number of hydrogen-bond acceptors (Lipinski definition) is 2. The zero-order valence-corrected chi connectivity index (χ0v) is 18.6. The van der Waals surface area contributed by atoms with Crippen molar-refractivity contribution in [2.75, 3.05) is 0 Å². The van der Waals surface area contributed by atoms with Crippen molar-refractivity contribution in [2.24, 2.45) is 0 Å². The number of para-hydroxylation sites is 1. The second-order valence-electron chi connectivity index (χ2n) is 8.53. The average Bonchev–Trinajstić information content (AvgIpc) is 3.20. The van der Waals surface area contributed by atoms with E-state index in [0.29, 0.717) is 0 Å². The molecule has 158 valence electrons. The van der Waals surface area contributed by atoms with Crippen LogP contribution >= 0.6 is 0 Å². The zero-order chi connectivity index (χ0) is 22.2. The van der Waals surface area contributed by atoms with E-state index in [1.807, 2.05) is 19.1 Å². The molecule has 0 amide bonds. The van der Waals surface area contributed by atoms with E-state index >= 15 is 0 Å². The molecule has 0 aliphatic rings. The van der Waals surface area contributed by atoms with Gasteiger partial charge in [-0.25, -0.2) is 0 Å². The second kappa shape index (κ2) is 8.01. The topological polar surface area (TPSA) is 38.1 Å². The number of hydrogen-bond donors (Lipinski definition) is 1. The maximum Gasteiger partial charge on any atom is 0.115 e. The summed E-state index contributed by atoms with van der Waals surface area (Å²) in [5, 5.41) is 16.0. The highest BCUT2D eigenvalue weighted by atomic mass is 16.3. The lowest BCUT2D eigenvalue weighted by atomic mass is 9.97. The van der Waals surface area contributed by atoms with E-state index in [2.05, 4.69) is 85.3 Å². The quantitative estimate of drug-likeness (QED) is 0.326. The van der Waals surface area contributed by atoms with Crippen molar-refractivity contribution < 1.29 is 5.11 Å². The fourth-order valence-electron chi connectivity index (χ4n) is 4.38. The molecule has 0 bridgehead atoms. The summed E-state index contributed by atoms with van der Waals surface area (Å²) < 4.78 is 2.12. The molecule has 0 spiro atoms. The van der Waals surface area contributed by atoms with Crippen molar-refractivity contribution in [1.29, 1.82) is 0 Å². The number of phenols is 1. The number of fused-ring (bicyclic) bond motifs is 1. The van der Waals surface area contributed by atoms with Crippen LogP contribution in [0.15, 0.2) is 91.0 Å². The summed E-state index contributed by atoms with van der Waals surface area (Å²) in [4.78, 5) is 0. The maximum absolute atomic E-state index is 9.86. The first-order valence-corrected chi connectivity index (χ1v) is 11.0. The number of phenolic OH excluding ortho intramolecular Hbond substituents is 1. The molecule has 3 heteroatoms. The van der Waals surface area contributed by atoms with Gasteiger partial charge >= 0.3 is 0 Å². The van der Waals surface area contributed by atoms with Gasteiger partial charge in [0.1, 0.15) is 11.4 Å². The van der Waals surface area contributed by atoms with Gasteiger partial charge in [-0.1, -0.05) is 72.8 Å². The lowest BCUT2D eigenvalue weighted by Crippen LogP contribution is -2.03. The highest BCUT2D eigenvalue weighted by Crippen LogP contribution is 2.38. The largest absolute Gasteiger partial charge is 0.508 e. The molecule has 4 aromatic carbocycles. The van der Waals surface area contributed by atoms with Crippen molar-refractivity contribution in [2.45, 2.75) is 26.8 Å². The molecule has 1 aromatic heterocycles. The minimum Gasteiger partial charge on any atom is -0.508 e. The molecular weight excluding hydrogens is 392 g/mol. The smallest absolute Gasteiger partial charge is 0.115 e. The third-order valence-corrected chi connectivity index (χ3v) is 5.99. The van der Waals surface area contributed by atoms with Crippen LogP contribution in [0.4, 0.5) is 0 Å². The lowest BCUT2D eigenvalue weighted by molar-refractivity contribution is 0.475. The van der Waals surface area contributed by atoms with Gasteiger partial charge in [-0.05, 0) is 61.2 Å². The van der Waals surface area contributed by atoms with Crippen LogP contribution in [0.5, 0.6) is 5.75 Å². The molecule has 5 aromatic rings. The van der Waals surface area contributed by atoms with Crippen molar-refractivity contribution in [3.63, 3.8) is 0 Å². The van der Waals surface area contributed by atoms with Crippen LogP contribution in [0.3, 0.4) is 0 Å². The third-order valence-electron chi connectivity index (χ3n) is 5.99. The van der Waals surface area contributed by atoms with Gasteiger partial charge in [0.05, 0.1) is 5.52 Å². The third kappa shape index (κ3) is 3.46. The van der Waals surface area contributed by atoms with E-state index < -0.39 is 0 Å². The SMILES string of the molecule is Cc1cc(O)ccc1-c1nn(C(C)C)c2c(-c3ccc(-c4ccccc4)cc3)cccc12. The number of benzene rings is 4. The predicted octanol–water partition coefficient (Wildman–Crippen LogP) is 7.63. The van der Waals surface area contributed by atoms with Crippen LogP contribution in [0.25, 0.3) is 44.4 Å². The summed E-state index contributed by atoms with van der Waals surface area (Å²) in [5.74, 6) is 0.276. The van der Waals surface area contributed by atoms with Crippen LogP contribution < -0.4 is 0 Å². The Balaban J connectivity index is 1.69. The number of rotatable bonds is 4. The molecule has 1 N–H and O–H groups in total. The zero-order valence-electron chi connectivity index (χ0n) is 18.6. The van der Waals surface area contributed by atoms with Gasteiger partial charge in [-0.2, -0.15) is 5.10 Å². The van der Waals surface area contributed by atoms with E-state index in [1.165, 1.54) is 22.3 Å². The van der Waals surface area contributed by atoms with Crippen molar-refractivity contribution in [1.82, 2.24) is 9.78 Å². The highest BCUT2D eigenvalue weighted by molar-refractivity contribution is 6.02. The van der Waals surface area contributed by atoms with Crippen LogP contribution in [0, 0.1) is 6.92 Å². The monoisotopic (exact) mass is 418 g/mol. The first-order valence-electron chi connectivity index (χ1n) is 11.0. The predicted molar refractivity (Wildman–Crippen MR) is 133 cm³/mol. The van der Waals surface area contributed by atoms with Crippen LogP contribution in [0.1, 0.15) is 25.5 Å². The van der Waals surface area contributed by atoms with Gasteiger partial charge in [-0.3, -0.25) is 4.68 Å². The fraction of sp³-hybridized carbons (Fsp3) is 0.138. The first-order chi connectivity index (χ1) is 15.5. The Morgan fingerprint density at radius 1 is 0.719 bits per heavy atom. The van der Waals surface area contributed by atoms with Crippen LogP contribution in [-0.4, -0.2) is 14.9 Å². The van der Waals surface area contributed by atoms with E-state index in [-0.39, 0.29) is 11.8 Å². The molecule has 1 heterocycles. The van der Waals surface area contributed by atoms with Crippen LogP contribution in [-0.2, 0) is 0 Å². The van der Waals surface area contributed by atoms with Gasteiger partial charge in [0.25, 0.3) is 0 Å². The molecule has 0 aliphatic carbocycles. The Morgan fingerprint density at radius 3 is 2.09 bits per heavy atom. The molecule has 0 saturated heterocycles. The normalized spacial score (nSPS) is 11.4. The molecule has 0 aliphatic heterocycles. The molecule has 0 unspecified atom stereocenters. The average molecular weight is 419 g/mol. The Hall–Kier alpha value is -3.85. The summed E-state index contributed by atoms with van der Waals surface area (Å²) in [6.45, 7) is 6.34. The molecule has 3 nitrogen and oxygen atoms in total. The second-order valence-corrected chi connectivity index (χ2v) is 8.53. The molecule has 0 atom stereocenters.